The number of rotatable bonds is 3. The van der Waals surface area contributed by atoms with Crippen LogP contribution in [0.5, 0.6) is 0 Å². The second-order valence-corrected chi connectivity index (χ2v) is 3.90. The number of halogens is 2. The fourth-order valence-corrected chi connectivity index (χ4v) is 1.52. The molecule has 0 unspecified atom stereocenters. The highest BCUT2D eigenvalue weighted by Crippen LogP contribution is 2.25. The van der Waals surface area contributed by atoms with Gasteiger partial charge in [-0.3, -0.25) is 4.79 Å². The molecule has 0 radical (unpaired) electrons. The Balaban J connectivity index is 2.59. The SMILES string of the molecule is CCOC(=O)C(=O)NCc1cccc(Cl)c1Cl. The summed E-state index contributed by atoms with van der Waals surface area (Å²) in [4.78, 5) is 22.3. The Morgan fingerprint density at radius 2 is 2.06 bits per heavy atom. The van der Waals surface area contributed by atoms with Gasteiger partial charge in [-0.2, -0.15) is 0 Å². The van der Waals surface area contributed by atoms with Crippen molar-refractivity contribution in [3.05, 3.63) is 33.8 Å². The Hall–Kier alpha value is -1.26. The maximum Gasteiger partial charge on any atom is 0.396 e. The Morgan fingerprint density at radius 3 is 2.71 bits per heavy atom. The Kier molecular flexibility index (Phi) is 5.25. The molecule has 0 atom stereocenters. The normalized spacial score (nSPS) is 9.82. The molecule has 4 nitrogen and oxygen atoms in total. The molecule has 1 N–H and O–H groups in total. The third-order valence-electron chi connectivity index (χ3n) is 1.93. The Labute approximate surface area is 109 Å². The average Bonchev–Trinajstić information content (AvgIpc) is 2.31. The van der Waals surface area contributed by atoms with Crippen LogP contribution in [-0.2, 0) is 20.9 Å². The van der Waals surface area contributed by atoms with E-state index in [-0.39, 0.29) is 13.2 Å². The second kappa shape index (κ2) is 6.47. The third-order valence-corrected chi connectivity index (χ3v) is 2.79. The molecular formula is C11H11Cl2NO3. The minimum atomic E-state index is -0.911. The van der Waals surface area contributed by atoms with Crippen molar-refractivity contribution in [1.82, 2.24) is 5.32 Å². The van der Waals surface area contributed by atoms with Crippen molar-refractivity contribution >= 4 is 35.1 Å². The van der Waals surface area contributed by atoms with Crippen LogP contribution in [0.3, 0.4) is 0 Å². The zero-order valence-electron chi connectivity index (χ0n) is 9.13. The predicted octanol–water partition coefficient (Wildman–Crippen LogP) is 2.17. The van der Waals surface area contributed by atoms with Crippen LogP contribution in [-0.4, -0.2) is 18.5 Å². The maximum atomic E-state index is 11.2. The molecule has 0 aromatic heterocycles. The number of hydrogen-bond donors (Lipinski definition) is 1. The van der Waals surface area contributed by atoms with Gasteiger partial charge in [0.1, 0.15) is 0 Å². The van der Waals surface area contributed by atoms with E-state index in [2.05, 4.69) is 10.1 Å². The first-order valence-corrected chi connectivity index (χ1v) is 5.69. The summed E-state index contributed by atoms with van der Waals surface area (Å²) >= 11 is 11.7. The van der Waals surface area contributed by atoms with Crippen LogP contribution < -0.4 is 5.32 Å². The van der Waals surface area contributed by atoms with E-state index in [1.165, 1.54) is 0 Å². The third kappa shape index (κ3) is 3.91. The first-order valence-electron chi connectivity index (χ1n) is 4.94. The average molecular weight is 276 g/mol. The van der Waals surface area contributed by atoms with Crippen LogP contribution in [0.4, 0.5) is 0 Å². The van der Waals surface area contributed by atoms with Crippen LogP contribution in [0.2, 0.25) is 10.0 Å². The number of hydrogen-bond acceptors (Lipinski definition) is 3. The van der Waals surface area contributed by atoms with E-state index >= 15 is 0 Å². The molecule has 0 fully saturated rings. The Morgan fingerprint density at radius 1 is 1.35 bits per heavy atom. The van der Waals surface area contributed by atoms with Gasteiger partial charge in [-0.15, -0.1) is 0 Å². The summed E-state index contributed by atoms with van der Waals surface area (Å²) in [5.41, 5.74) is 0.636. The quantitative estimate of drug-likeness (QED) is 0.680. The monoisotopic (exact) mass is 275 g/mol. The highest BCUT2D eigenvalue weighted by molar-refractivity contribution is 6.42. The summed E-state index contributed by atoms with van der Waals surface area (Å²) in [7, 11) is 0. The minimum absolute atomic E-state index is 0.122. The number of nitrogens with one attached hydrogen (secondary N) is 1. The second-order valence-electron chi connectivity index (χ2n) is 3.12. The van der Waals surface area contributed by atoms with Gasteiger partial charge in [-0.1, -0.05) is 35.3 Å². The van der Waals surface area contributed by atoms with Crippen molar-refractivity contribution in [2.24, 2.45) is 0 Å². The molecule has 0 aliphatic rings. The highest BCUT2D eigenvalue weighted by Gasteiger charge is 2.14. The first kappa shape index (κ1) is 13.8. The molecule has 0 heterocycles. The lowest BCUT2D eigenvalue weighted by atomic mass is 10.2. The number of amides is 1. The van der Waals surface area contributed by atoms with Crippen molar-refractivity contribution in [3.8, 4) is 0 Å². The van der Waals surface area contributed by atoms with Gasteiger partial charge in [0.15, 0.2) is 0 Å². The van der Waals surface area contributed by atoms with E-state index in [1.54, 1.807) is 25.1 Å². The van der Waals surface area contributed by atoms with Gasteiger partial charge in [0, 0.05) is 6.54 Å². The van der Waals surface area contributed by atoms with E-state index in [1.807, 2.05) is 0 Å². The predicted molar refractivity (Wildman–Crippen MR) is 64.9 cm³/mol. The summed E-state index contributed by atoms with van der Waals surface area (Å²) in [5, 5.41) is 3.15. The number of carbonyl (C=O) groups is 2. The topological polar surface area (TPSA) is 55.4 Å². The largest absolute Gasteiger partial charge is 0.459 e. The van der Waals surface area contributed by atoms with Crippen molar-refractivity contribution < 1.29 is 14.3 Å². The van der Waals surface area contributed by atoms with Gasteiger partial charge in [-0.25, -0.2) is 4.79 Å². The molecule has 0 aliphatic heterocycles. The first-order chi connectivity index (χ1) is 8.06. The standard InChI is InChI=1S/C11H11Cl2NO3/c1-2-17-11(16)10(15)14-6-7-4-3-5-8(12)9(7)13/h3-5H,2,6H2,1H3,(H,14,15). The van der Waals surface area contributed by atoms with Crippen LogP contribution in [0.1, 0.15) is 12.5 Å². The van der Waals surface area contributed by atoms with E-state index < -0.39 is 11.9 Å². The molecule has 1 aromatic rings. The van der Waals surface area contributed by atoms with Crippen LogP contribution in [0.15, 0.2) is 18.2 Å². The van der Waals surface area contributed by atoms with Crippen molar-refractivity contribution in [2.45, 2.75) is 13.5 Å². The van der Waals surface area contributed by atoms with E-state index in [9.17, 15) is 9.59 Å². The number of carbonyl (C=O) groups excluding carboxylic acids is 2. The van der Waals surface area contributed by atoms with Crippen LogP contribution >= 0.6 is 23.2 Å². The molecule has 0 spiro atoms. The molecule has 1 amide bonds. The molecule has 1 rings (SSSR count). The molecule has 0 saturated carbocycles. The van der Waals surface area contributed by atoms with E-state index in [0.29, 0.717) is 15.6 Å². The Bertz CT molecular complexity index is 435. The summed E-state index contributed by atoms with van der Waals surface area (Å²) in [5.74, 6) is -1.71. The summed E-state index contributed by atoms with van der Waals surface area (Å²) in [6.45, 7) is 1.90. The summed E-state index contributed by atoms with van der Waals surface area (Å²) in [6.07, 6.45) is 0. The van der Waals surface area contributed by atoms with Gasteiger partial charge in [0.2, 0.25) is 0 Å². The minimum Gasteiger partial charge on any atom is -0.459 e. The lowest BCUT2D eigenvalue weighted by molar-refractivity contribution is -0.154. The zero-order chi connectivity index (χ0) is 12.8. The number of esters is 1. The molecule has 6 heteroatoms. The number of ether oxygens (including phenoxy) is 1. The fourth-order valence-electron chi connectivity index (χ4n) is 1.13. The van der Waals surface area contributed by atoms with Gasteiger partial charge < -0.3 is 10.1 Å². The van der Waals surface area contributed by atoms with Crippen LogP contribution in [0, 0.1) is 0 Å². The van der Waals surface area contributed by atoms with E-state index in [0.717, 1.165) is 0 Å². The van der Waals surface area contributed by atoms with Gasteiger partial charge in [0.25, 0.3) is 0 Å². The van der Waals surface area contributed by atoms with Crippen molar-refractivity contribution in [1.29, 1.82) is 0 Å². The molecule has 0 bridgehead atoms. The summed E-state index contributed by atoms with van der Waals surface area (Å²) < 4.78 is 4.54. The van der Waals surface area contributed by atoms with Crippen molar-refractivity contribution in [3.63, 3.8) is 0 Å². The summed E-state index contributed by atoms with van der Waals surface area (Å²) in [6, 6.07) is 5.06. The fraction of sp³-hybridized carbons (Fsp3) is 0.273. The lowest BCUT2D eigenvalue weighted by Crippen LogP contribution is -2.32. The molecule has 1 aromatic carbocycles. The molecule has 17 heavy (non-hydrogen) atoms. The zero-order valence-corrected chi connectivity index (χ0v) is 10.6. The number of benzene rings is 1. The maximum absolute atomic E-state index is 11.2. The lowest BCUT2D eigenvalue weighted by Gasteiger charge is -2.07. The highest BCUT2D eigenvalue weighted by atomic mass is 35.5. The molecule has 0 aliphatic carbocycles. The van der Waals surface area contributed by atoms with E-state index in [4.69, 9.17) is 23.2 Å². The van der Waals surface area contributed by atoms with Gasteiger partial charge in [-0.05, 0) is 18.6 Å². The van der Waals surface area contributed by atoms with Gasteiger partial charge in [0.05, 0.1) is 16.7 Å². The van der Waals surface area contributed by atoms with Crippen LogP contribution in [0.25, 0.3) is 0 Å². The molecule has 0 saturated heterocycles. The molecular weight excluding hydrogens is 265 g/mol. The van der Waals surface area contributed by atoms with Crippen molar-refractivity contribution in [2.75, 3.05) is 6.61 Å². The smallest absolute Gasteiger partial charge is 0.396 e. The molecule has 92 valence electrons. The van der Waals surface area contributed by atoms with Gasteiger partial charge >= 0.3 is 11.9 Å².